The van der Waals surface area contributed by atoms with E-state index < -0.39 is 74.6 Å². The first-order valence-corrected chi connectivity index (χ1v) is 32.7. The zero-order valence-corrected chi connectivity index (χ0v) is 55.7. The Morgan fingerprint density at radius 2 is 0.780 bits per heavy atom. The summed E-state index contributed by atoms with van der Waals surface area (Å²) in [4.78, 5) is 2.71. The average Bonchev–Trinajstić information content (AvgIpc) is 0.963. The van der Waals surface area contributed by atoms with Gasteiger partial charge in [-0.25, -0.2) is 0 Å². The van der Waals surface area contributed by atoms with Gasteiger partial charge in [-0.1, -0.05) is 134 Å². The summed E-state index contributed by atoms with van der Waals surface area (Å²) < 4.78 is 33.3. The van der Waals surface area contributed by atoms with Gasteiger partial charge in [-0.05, 0) is 171 Å². The van der Waals surface area contributed by atoms with E-state index in [4.69, 9.17) is 38.6 Å². The molecule has 16 nitrogen and oxygen atoms in total. The van der Waals surface area contributed by atoms with Gasteiger partial charge in [0.1, 0.15) is 85.0 Å². The zero-order valence-electron chi connectivity index (χ0n) is 54.1. The molecule has 91 heavy (non-hydrogen) atoms. The lowest BCUT2D eigenvalue weighted by Crippen LogP contribution is -2.60. The second kappa shape index (κ2) is 35.1. The van der Waals surface area contributed by atoms with Crippen LogP contribution >= 0.6 is 23.5 Å². The Labute approximate surface area is 544 Å². The summed E-state index contributed by atoms with van der Waals surface area (Å²) in [7, 11) is 0. The third kappa shape index (κ3) is 20.1. The fraction of sp³-hybridized carbons (Fsp3) is 0.397. The van der Waals surface area contributed by atoms with Crippen molar-refractivity contribution < 1.29 is 79.5 Å². The summed E-state index contributed by atoms with van der Waals surface area (Å²) in [6.07, 6.45) is -8.65. The average molecular weight is 1290 g/mol. The number of aliphatic hydroxyl groups excluding tert-OH is 10. The highest BCUT2D eigenvalue weighted by molar-refractivity contribution is 7.98. The van der Waals surface area contributed by atoms with Crippen LogP contribution in [0.15, 0.2) is 155 Å². The van der Waals surface area contributed by atoms with E-state index in [1.54, 1.807) is 47.8 Å². The molecule has 8 aromatic carbocycles. The zero-order chi connectivity index (χ0) is 66.7. The summed E-state index contributed by atoms with van der Waals surface area (Å²) >= 11 is 3.57. The summed E-state index contributed by atoms with van der Waals surface area (Å²) in [5.74, 6) is 2.63. The van der Waals surface area contributed by atoms with Gasteiger partial charge in [0.05, 0.1) is 26.4 Å². The van der Waals surface area contributed by atoms with E-state index in [2.05, 4.69) is 113 Å². The molecule has 10 N–H and O–H groups in total. The fourth-order valence-corrected chi connectivity index (χ4v) is 11.4. The lowest BCUT2D eigenvalue weighted by Gasteiger charge is -2.39. The van der Waals surface area contributed by atoms with Gasteiger partial charge in [0.15, 0.2) is 0 Å². The predicted octanol–water partition coefficient (Wildman–Crippen LogP) is 10.1. The molecule has 0 amide bonds. The number of fused-ring (bicyclic) bond motifs is 2. The number of aliphatic hydroxyl groups is 10. The molecule has 0 saturated carbocycles. The summed E-state index contributed by atoms with van der Waals surface area (Å²) in [6.45, 7) is 20.5. The maximum absolute atomic E-state index is 9.99. The molecule has 492 valence electrons. The lowest BCUT2D eigenvalue weighted by molar-refractivity contribution is -0.277. The molecule has 0 bridgehead atoms. The van der Waals surface area contributed by atoms with Gasteiger partial charge >= 0.3 is 0 Å². The molecule has 18 heteroatoms. The molecule has 2 aliphatic rings. The number of hydrogen-bond donors (Lipinski definition) is 10. The van der Waals surface area contributed by atoms with Crippen LogP contribution in [0.1, 0.15) is 69.5 Å². The molecule has 2 heterocycles. The van der Waals surface area contributed by atoms with Crippen molar-refractivity contribution in [3.8, 4) is 23.0 Å². The van der Waals surface area contributed by atoms with Crippen LogP contribution in [0, 0.1) is 55.4 Å². The molecular weight excluding hydrogens is 1200 g/mol. The second-order valence-corrected chi connectivity index (χ2v) is 25.0. The third-order valence-electron chi connectivity index (χ3n) is 15.7. The molecule has 10 rings (SSSR count). The van der Waals surface area contributed by atoms with Gasteiger partial charge in [0.25, 0.3) is 0 Å². The number of aryl methyl sites for hydroxylation is 8. The quantitative estimate of drug-likeness (QED) is 0.0404. The molecule has 2 fully saturated rings. The Hall–Kier alpha value is -6.30. The smallest absolute Gasteiger partial charge is 0.229 e. The number of ether oxygens (including phenoxy) is 6. The van der Waals surface area contributed by atoms with Crippen molar-refractivity contribution in [1.82, 2.24) is 0 Å². The van der Waals surface area contributed by atoms with Crippen molar-refractivity contribution >= 4 is 45.1 Å². The standard InChI is InChI=1S/C23H32O4.2C17H20O6.2C8H10S/c1-15-11-19(12-16(2)21(15)26-9-7-24)23(5,6)20-13-17(3)22(18(4)14-20)27-10-8-25;2*1-9-2-3-11-7-12(5-4-10(11)6-9)22-17-16(21)15(20)14(19)13(8-18)23-17;1-7-3-5-8(9-2)6-4-7;1-7-5-3-4-6-8(7)9-2/h11-14,24-25H,7-10H2,1-6H3;2*2-7,13-21H,8H2,1H3;2*3-6H,1-2H3/t;13-,14+,15+,16-,17-;13-,14-,15+,16-,17-;;/m.11../s1. The van der Waals surface area contributed by atoms with E-state index in [1.165, 1.54) is 32.0 Å². The minimum Gasteiger partial charge on any atom is -0.491 e. The lowest BCUT2D eigenvalue weighted by atomic mass is 9.76. The van der Waals surface area contributed by atoms with Crippen molar-refractivity contribution in [2.75, 3.05) is 52.2 Å². The van der Waals surface area contributed by atoms with Crippen molar-refractivity contribution in [1.29, 1.82) is 0 Å². The molecule has 0 unspecified atom stereocenters. The highest BCUT2D eigenvalue weighted by atomic mass is 32.2. The largest absolute Gasteiger partial charge is 0.491 e. The first-order chi connectivity index (χ1) is 43.4. The third-order valence-corrected chi connectivity index (χ3v) is 17.4. The van der Waals surface area contributed by atoms with E-state index in [0.717, 1.165) is 66.4 Å². The fourth-order valence-electron chi connectivity index (χ4n) is 10.4. The van der Waals surface area contributed by atoms with Gasteiger partial charge in [0.2, 0.25) is 12.6 Å². The summed E-state index contributed by atoms with van der Waals surface area (Å²) in [6, 6.07) is 48.5. The van der Waals surface area contributed by atoms with Crippen LogP contribution in [0.4, 0.5) is 0 Å². The summed E-state index contributed by atoms with van der Waals surface area (Å²) in [5, 5.41) is 99.5. The highest BCUT2D eigenvalue weighted by Crippen LogP contribution is 2.39. The minimum absolute atomic E-state index is 0.00930. The van der Waals surface area contributed by atoms with Crippen LogP contribution in [0.3, 0.4) is 0 Å². The molecule has 10 atom stereocenters. The van der Waals surface area contributed by atoms with Gasteiger partial charge in [-0.2, -0.15) is 0 Å². The maximum Gasteiger partial charge on any atom is 0.229 e. The van der Waals surface area contributed by atoms with Crippen LogP contribution in [0.2, 0.25) is 0 Å². The summed E-state index contributed by atoms with van der Waals surface area (Å²) in [5.41, 5.74) is 11.5. The Morgan fingerprint density at radius 3 is 1.13 bits per heavy atom. The van der Waals surface area contributed by atoms with E-state index in [0.29, 0.717) is 24.7 Å². The van der Waals surface area contributed by atoms with E-state index >= 15 is 0 Å². The second-order valence-electron chi connectivity index (χ2n) is 23.3. The van der Waals surface area contributed by atoms with Crippen LogP contribution in [0.25, 0.3) is 21.5 Å². The van der Waals surface area contributed by atoms with Crippen LogP contribution in [-0.2, 0) is 14.9 Å². The highest BCUT2D eigenvalue weighted by Gasteiger charge is 2.46. The van der Waals surface area contributed by atoms with Gasteiger partial charge in [0, 0.05) is 15.2 Å². The van der Waals surface area contributed by atoms with Gasteiger partial charge in [-0.3, -0.25) is 0 Å². The van der Waals surface area contributed by atoms with Crippen molar-refractivity contribution in [3.63, 3.8) is 0 Å². The van der Waals surface area contributed by atoms with Crippen LogP contribution in [0.5, 0.6) is 23.0 Å². The number of thioether (sulfide) groups is 2. The number of benzene rings is 8. The van der Waals surface area contributed by atoms with Gasteiger partial charge < -0.3 is 79.5 Å². The molecule has 2 saturated heterocycles. The Bertz CT molecular complexity index is 3330. The Kier molecular flexibility index (Phi) is 28.4. The van der Waals surface area contributed by atoms with Crippen LogP contribution < -0.4 is 18.9 Å². The van der Waals surface area contributed by atoms with Crippen LogP contribution in [-0.4, -0.2) is 165 Å². The van der Waals surface area contributed by atoms with E-state index in [-0.39, 0.29) is 18.6 Å². The monoisotopic (exact) mass is 1290 g/mol. The Balaban J connectivity index is 0.000000191. The van der Waals surface area contributed by atoms with Crippen molar-refractivity contribution in [2.24, 2.45) is 0 Å². The number of hydrogen-bond acceptors (Lipinski definition) is 18. The normalized spacial score (nSPS) is 21.1. The van der Waals surface area contributed by atoms with Crippen molar-refractivity contribution in [3.05, 3.63) is 201 Å². The molecule has 8 aromatic rings. The SMILES string of the molecule is CSc1ccc(C)cc1.CSc1ccccc1C.Cc1cc(C(C)(C)c2cc(C)c(OCCO)c(C)c2)cc(C)c1OCCO.Cc1ccc2cc(O[C@@H]3O[C@H](CO)[C@@H](O)[C@H](O)[C@H]3O)ccc2c1.Cc1ccc2cc(O[C@@H]3O[C@H](CO)[C@H](O)[C@H](O)[C@H]3O)ccc2c1. The Morgan fingerprint density at radius 1 is 0.407 bits per heavy atom. The first-order valence-electron chi connectivity index (χ1n) is 30.2. The van der Waals surface area contributed by atoms with Crippen molar-refractivity contribution in [2.45, 2.75) is 146 Å². The maximum atomic E-state index is 9.99. The van der Waals surface area contributed by atoms with E-state index in [9.17, 15) is 40.9 Å². The number of rotatable bonds is 16. The molecule has 0 aromatic heterocycles. The molecule has 2 aliphatic heterocycles. The van der Waals surface area contributed by atoms with E-state index in [1.807, 2.05) is 90.1 Å². The molecule has 0 radical (unpaired) electrons. The molecule has 0 spiro atoms. The topological polar surface area (TPSA) is 258 Å². The predicted molar refractivity (Wildman–Crippen MR) is 361 cm³/mol. The molecule has 0 aliphatic carbocycles. The molecular formula is C73H92O16S2. The first kappa shape index (κ1) is 73.7. The minimum atomic E-state index is -1.45. The van der Waals surface area contributed by atoms with Gasteiger partial charge in [-0.15, -0.1) is 23.5 Å².